The van der Waals surface area contributed by atoms with Crippen LogP contribution in [0.25, 0.3) is 10.9 Å². The number of anilines is 2. The van der Waals surface area contributed by atoms with E-state index in [2.05, 4.69) is 74.5 Å². The number of likely N-dealkylation sites (tertiary alicyclic amines) is 1. The van der Waals surface area contributed by atoms with Crippen LogP contribution in [-0.2, 0) is 6.54 Å². The molecule has 36 heavy (non-hydrogen) atoms. The van der Waals surface area contributed by atoms with E-state index in [9.17, 15) is 0 Å². The average molecular weight is 489 g/mol. The maximum atomic E-state index is 4.98. The summed E-state index contributed by atoms with van der Waals surface area (Å²) in [5, 5.41) is 5.63. The van der Waals surface area contributed by atoms with Gasteiger partial charge in [-0.25, -0.2) is 9.97 Å². The molecular weight excluding hydrogens is 444 g/mol. The van der Waals surface area contributed by atoms with Gasteiger partial charge in [0, 0.05) is 36.9 Å². The molecule has 3 aromatic rings. The summed E-state index contributed by atoms with van der Waals surface area (Å²) >= 11 is 0. The zero-order valence-electron chi connectivity index (χ0n) is 23.2. The van der Waals surface area contributed by atoms with Crippen LogP contribution in [0, 0.1) is 6.92 Å². The lowest BCUT2D eigenvalue weighted by Crippen LogP contribution is -2.49. The van der Waals surface area contributed by atoms with Gasteiger partial charge in [0.05, 0.1) is 17.4 Å². The van der Waals surface area contributed by atoms with E-state index in [1.807, 2.05) is 29.0 Å². The Bertz CT molecular complexity index is 1180. The maximum absolute atomic E-state index is 4.98. The maximum Gasteiger partial charge on any atom is 0.230 e. The Morgan fingerprint density at radius 2 is 1.86 bits per heavy atom. The summed E-state index contributed by atoms with van der Waals surface area (Å²) in [6, 6.07) is 4.59. The molecule has 0 atom stereocenters. The van der Waals surface area contributed by atoms with Crippen LogP contribution in [0.2, 0.25) is 0 Å². The summed E-state index contributed by atoms with van der Waals surface area (Å²) in [5.41, 5.74) is 6.40. The van der Waals surface area contributed by atoms with Crippen molar-refractivity contribution in [2.24, 2.45) is 0 Å². The topological polar surface area (TPSA) is 50.1 Å². The van der Waals surface area contributed by atoms with Crippen molar-refractivity contribution in [3.05, 3.63) is 54.0 Å². The standard InChI is InChI=1S/C30H44N6/c1-8-22(4)11-16-36-21-26(20-32-36)34(7)29-31-19-25-17-23(5)27(18-28(25)33-29)24-12-14-35(15-13-24)30(6,9-2)10-3/h17-21,24H,4,8-16H2,1-3,5-7H3. The first-order valence-corrected chi connectivity index (χ1v) is 13.7. The number of aromatic nitrogens is 4. The second-order valence-corrected chi connectivity index (χ2v) is 10.8. The van der Waals surface area contributed by atoms with Crippen molar-refractivity contribution in [1.82, 2.24) is 24.6 Å². The molecule has 0 N–H and O–H groups in total. The van der Waals surface area contributed by atoms with E-state index in [0.717, 1.165) is 36.0 Å². The van der Waals surface area contributed by atoms with E-state index in [-0.39, 0.29) is 0 Å². The Hall–Kier alpha value is -2.73. The lowest BCUT2D eigenvalue weighted by atomic mass is 9.83. The minimum atomic E-state index is 0.327. The van der Waals surface area contributed by atoms with E-state index in [1.54, 1.807) is 0 Å². The van der Waals surface area contributed by atoms with Gasteiger partial charge in [-0.15, -0.1) is 0 Å². The van der Waals surface area contributed by atoms with Crippen molar-refractivity contribution in [2.75, 3.05) is 25.0 Å². The van der Waals surface area contributed by atoms with Crippen LogP contribution < -0.4 is 4.90 Å². The molecule has 4 rings (SSSR count). The average Bonchev–Trinajstić information content (AvgIpc) is 3.39. The van der Waals surface area contributed by atoms with Crippen LogP contribution >= 0.6 is 0 Å². The molecule has 1 fully saturated rings. The van der Waals surface area contributed by atoms with E-state index in [0.29, 0.717) is 17.4 Å². The molecule has 0 spiro atoms. The lowest BCUT2D eigenvalue weighted by Gasteiger charge is -2.44. The first-order chi connectivity index (χ1) is 17.3. The fraction of sp³-hybridized carbons (Fsp3) is 0.567. The second kappa shape index (κ2) is 11.1. The molecule has 0 bridgehead atoms. The highest BCUT2D eigenvalue weighted by molar-refractivity contribution is 5.81. The van der Waals surface area contributed by atoms with Gasteiger partial charge in [-0.05, 0) is 94.6 Å². The van der Waals surface area contributed by atoms with Gasteiger partial charge >= 0.3 is 0 Å². The normalized spacial score (nSPS) is 15.5. The molecule has 1 aliphatic rings. The van der Waals surface area contributed by atoms with Crippen molar-refractivity contribution in [2.45, 2.75) is 91.1 Å². The molecule has 2 aromatic heterocycles. The zero-order valence-corrected chi connectivity index (χ0v) is 23.2. The van der Waals surface area contributed by atoms with Crippen molar-refractivity contribution in [1.29, 1.82) is 0 Å². The molecule has 0 amide bonds. The molecular formula is C30H44N6. The van der Waals surface area contributed by atoms with E-state index in [4.69, 9.17) is 4.98 Å². The number of allylic oxidation sites excluding steroid dienone is 1. The Morgan fingerprint density at radius 3 is 2.53 bits per heavy atom. The van der Waals surface area contributed by atoms with Gasteiger partial charge in [-0.2, -0.15) is 5.10 Å². The summed E-state index contributed by atoms with van der Waals surface area (Å²) in [5.74, 6) is 1.29. The Labute approximate surface area is 217 Å². The number of hydrogen-bond acceptors (Lipinski definition) is 5. The molecule has 6 nitrogen and oxygen atoms in total. The number of piperidine rings is 1. The number of benzene rings is 1. The number of aryl methyl sites for hydroxylation is 2. The molecule has 1 saturated heterocycles. The molecule has 6 heteroatoms. The summed E-state index contributed by atoms with van der Waals surface area (Å²) in [6.07, 6.45) is 12.7. The summed E-state index contributed by atoms with van der Waals surface area (Å²) in [4.78, 5) is 14.4. The van der Waals surface area contributed by atoms with Gasteiger partial charge in [-0.3, -0.25) is 9.58 Å². The van der Waals surface area contributed by atoms with Crippen LogP contribution in [0.5, 0.6) is 0 Å². The monoisotopic (exact) mass is 488 g/mol. The van der Waals surface area contributed by atoms with E-state index < -0.39 is 0 Å². The zero-order chi connectivity index (χ0) is 25.9. The molecule has 0 aliphatic carbocycles. The third kappa shape index (κ3) is 5.49. The second-order valence-electron chi connectivity index (χ2n) is 10.8. The SMILES string of the molecule is C=C(CC)CCn1cc(N(C)c2ncc3cc(C)c(C4CCN(C(C)(CC)CC)CC4)cc3n2)cn1. The Morgan fingerprint density at radius 1 is 1.14 bits per heavy atom. The first kappa shape index (κ1) is 26.3. The van der Waals surface area contributed by atoms with Gasteiger partial charge in [0.2, 0.25) is 5.95 Å². The van der Waals surface area contributed by atoms with Crippen molar-refractivity contribution in [3.63, 3.8) is 0 Å². The molecule has 3 heterocycles. The van der Waals surface area contributed by atoms with E-state index in [1.165, 1.54) is 55.5 Å². The van der Waals surface area contributed by atoms with E-state index >= 15 is 0 Å². The van der Waals surface area contributed by atoms with Gasteiger partial charge in [-0.1, -0.05) is 32.9 Å². The molecule has 1 aliphatic heterocycles. The van der Waals surface area contributed by atoms with Crippen LogP contribution in [0.15, 0.2) is 42.9 Å². The largest absolute Gasteiger partial charge is 0.311 e. The molecule has 0 radical (unpaired) electrons. The predicted octanol–water partition coefficient (Wildman–Crippen LogP) is 7.02. The number of rotatable bonds is 10. The smallest absolute Gasteiger partial charge is 0.230 e. The Kier molecular flexibility index (Phi) is 8.13. The van der Waals surface area contributed by atoms with Crippen LogP contribution in [0.4, 0.5) is 11.6 Å². The molecule has 0 unspecified atom stereocenters. The Balaban J connectivity index is 1.51. The fourth-order valence-corrected chi connectivity index (χ4v) is 5.44. The lowest BCUT2D eigenvalue weighted by molar-refractivity contribution is 0.0669. The van der Waals surface area contributed by atoms with Crippen molar-refractivity contribution < 1.29 is 0 Å². The van der Waals surface area contributed by atoms with Gasteiger partial charge < -0.3 is 4.90 Å². The highest BCUT2D eigenvalue weighted by Crippen LogP contribution is 2.36. The predicted molar refractivity (Wildman–Crippen MR) is 151 cm³/mol. The van der Waals surface area contributed by atoms with Crippen molar-refractivity contribution >= 4 is 22.5 Å². The number of nitrogens with zero attached hydrogens (tertiary/aromatic N) is 6. The van der Waals surface area contributed by atoms with Crippen LogP contribution in [-0.4, -0.2) is 50.3 Å². The highest BCUT2D eigenvalue weighted by atomic mass is 15.3. The molecule has 0 saturated carbocycles. The van der Waals surface area contributed by atoms with Crippen LogP contribution in [0.3, 0.4) is 0 Å². The highest BCUT2D eigenvalue weighted by Gasteiger charge is 2.32. The quantitative estimate of drug-likeness (QED) is 0.287. The third-order valence-electron chi connectivity index (χ3n) is 8.68. The van der Waals surface area contributed by atoms with Gasteiger partial charge in [0.15, 0.2) is 0 Å². The minimum Gasteiger partial charge on any atom is -0.311 e. The summed E-state index contributed by atoms with van der Waals surface area (Å²) in [6.45, 7) is 18.8. The third-order valence-corrected chi connectivity index (χ3v) is 8.68. The first-order valence-electron chi connectivity index (χ1n) is 13.7. The summed E-state index contributed by atoms with van der Waals surface area (Å²) < 4.78 is 1.98. The van der Waals surface area contributed by atoms with Gasteiger partial charge in [0.25, 0.3) is 0 Å². The van der Waals surface area contributed by atoms with Gasteiger partial charge in [0.1, 0.15) is 0 Å². The number of hydrogen-bond donors (Lipinski definition) is 0. The van der Waals surface area contributed by atoms with Crippen molar-refractivity contribution in [3.8, 4) is 0 Å². The molecule has 194 valence electrons. The van der Waals surface area contributed by atoms with Crippen LogP contribution in [0.1, 0.15) is 83.3 Å². The molecule has 1 aromatic carbocycles. The summed E-state index contributed by atoms with van der Waals surface area (Å²) in [7, 11) is 2.01. The fourth-order valence-electron chi connectivity index (χ4n) is 5.44. The number of fused-ring (bicyclic) bond motifs is 1. The minimum absolute atomic E-state index is 0.327.